The molecule has 0 radical (unpaired) electrons. The third-order valence-electron chi connectivity index (χ3n) is 3.03. The molecule has 3 rings (SSSR count). The fourth-order valence-corrected chi connectivity index (χ4v) is 1.99. The summed E-state index contributed by atoms with van der Waals surface area (Å²) in [6.07, 6.45) is 0.396. The van der Waals surface area contributed by atoms with Gasteiger partial charge in [-0.1, -0.05) is 12.1 Å². The number of benzene rings is 2. The summed E-state index contributed by atoms with van der Waals surface area (Å²) in [5, 5.41) is 8.62. The van der Waals surface area contributed by atoms with Crippen LogP contribution < -0.4 is 10.5 Å². The number of fused-ring (bicyclic) bond motifs is 1. The van der Waals surface area contributed by atoms with E-state index in [-0.39, 0.29) is 6.61 Å². The number of ether oxygens (including phenoxy) is 1. The van der Waals surface area contributed by atoms with Crippen molar-refractivity contribution in [2.75, 3.05) is 5.73 Å². The highest BCUT2D eigenvalue weighted by Gasteiger charge is 2.06. The molecule has 21 heavy (non-hydrogen) atoms. The molecule has 0 unspecified atom stereocenters. The molecule has 2 aromatic carbocycles. The zero-order valence-electron chi connectivity index (χ0n) is 11.2. The van der Waals surface area contributed by atoms with E-state index in [1.54, 1.807) is 12.1 Å². The molecule has 2 N–H and O–H groups in total. The minimum absolute atomic E-state index is 0.242. The second-order valence-electron chi connectivity index (χ2n) is 4.60. The fraction of sp³-hybridized carbons (Fsp3) is 0.125. The molecule has 1 heterocycles. The summed E-state index contributed by atoms with van der Waals surface area (Å²) < 4.78 is 11.2. The van der Waals surface area contributed by atoms with Crippen molar-refractivity contribution < 1.29 is 9.15 Å². The molecule has 104 valence electrons. The van der Waals surface area contributed by atoms with Crippen LogP contribution in [0.4, 0.5) is 5.69 Å². The number of nitrogens with two attached hydrogens (primary N) is 1. The van der Waals surface area contributed by atoms with Crippen LogP contribution in [0.5, 0.6) is 5.75 Å². The van der Waals surface area contributed by atoms with Gasteiger partial charge in [-0.15, -0.1) is 0 Å². The first-order valence-corrected chi connectivity index (χ1v) is 6.48. The summed E-state index contributed by atoms with van der Waals surface area (Å²) in [6, 6.07) is 14.8. The third-order valence-corrected chi connectivity index (χ3v) is 3.03. The number of oxazole rings is 1. The largest absolute Gasteiger partial charge is 0.484 e. The summed E-state index contributed by atoms with van der Waals surface area (Å²) in [5.74, 6) is 1.20. The van der Waals surface area contributed by atoms with Gasteiger partial charge in [-0.2, -0.15) is 5.26 Å². The van der Waals surface area contributed by atoms with Crippen molar-refractivity contribution in [3.8, 4) is 11.8 Å². The third kappa shape index (κ3) is 2.95. The summed E-state index contributed by atoms with van der Waals surface area (Å²) in [5.41, 5.74) is 8.70. The maximum Gasteiger partial charge on any atom is 0.233 e. The first-order chi connectivity index (χ1) is 10.2. The number of rotatable bonds is 4. The molecule has 1 aromatic heterocycles. The Balaban J connectivity index is 1.69. The van der Waals surface area contributed by atoms with E-state index in [4.69, 9.17) is 20.1 Å². The molecule has 0 aliphatic heterocycles. The number of nitriles is 1. The highest BCUT2D eigenvalue weighted by Crippen LogP contribution is 2.20. The second kappa shape index (κ2) is 5.55. The molecule has 0 aliphatic rings. The number of anilines is 1. The molecule has 0 saturated carbocycles. The quantitative estimate of drug-likeness (QED) is 0.742. The van der Waals surface area contributed by atoms with Crippen LogP contribution in [-0.2, 0) is 13.0 Å². The van der Waals surface area contributed by atoms with Gasteiger partial charge >= 0.3 is 0 Å². The van der Waals surface area contributed by atoms with E-state index in [0.717, 1.165) is 11.1 Å². The number of nitrogen functional groups attached to an aromatic ring is 1. The summed E-state index contributed by atoms with van der Waals surface area (Å²) in [6.45, 7) is 0.242. The molecule has 5 heteroatoms. The van der Waals surface area contributed by atoms with E-state index in [0.29, 0.717) is 29.3 Å². The predicted molar refractivity (Wildman–Crippen MR) is 78.5 cm³/mol. The maximum absolute atomic E-state index is 8.62. The van der Waals surface area contributed by atoms with Gasteiger partial charge in [0.1, 0.15) is 11.3 Å². The first-order valence-electron chi connectivity index (χ1n) is 6.48. The zero-order valence-corrected chi connectivity index (χ0v) is 11.2. The molecule has 0 fully saturated rings. The van der Waals surface area contributed by atoms with Crippen LogP contribution in [0.1, 0.15) is 11.5 Å². The Bertz CT molecular complexity index is 800. The van der Waals surface area contributed by atoms with Crippen molar-refractivity contribution in [2.45, 2.75) is 13.0 Å². The van der Waals surface area contributed by atoms with Gasteiger partial charge in [0.2, 0.25) is 5.89 Å². The number of nitrogens with zero attached hydrogens (tertiary/aromatic N) is 2. The standard InChI is InChI=1S/C16H13N3O2/c17-8-7-11-1-4-13(5-2-11)20-10-16-19-14-6-3-12(18)9-15(14)21-16/h1-6,9H,7,10,18H2. The molecule has 0 amide bonds. The van der Waals surface area contributed by atoms with Crippen molar-refractivity contribution in [1.82, 2.24) is 4.98 Å². The molecule has 0 bridgehead atoms. The first kappa shape index (κ1) is 13.0. The predicted octanol–water partition coefficient (Wildman–Crippen LogP) is 3.06. The molecular weight excluding hydrogens is 266 g/mol. The molecule has 5 nitrogen and oxygen atoms in total. The van der Waals surface area contributed by atoms with Crippen LogP contribution in [0.2, 0.25) is 0 Å². The Kier molecular flexibility index (Phi) is 3.44. The Labute approximate surface area is 121 Å². The highest BCUT2D eigenvalue weighted by atomic mass is 16.5. The van der Waals surface area contributed by atoms with E-state index in [1.165, 1.54) is 0 Å². The van der Waals surface area contributed by atoms with Gasteiger partial charge in [0.05, 0.1) is 12.5 Å². The van der Waals surface area contributed by atoms with E-state index < -0.39 is 0 Å². The fourth-order valence-electron chi connectivity index (χ4n) is 1.99. The minimum atomic E-state index is 0.242. The van der Waals surface area contributed by atoms with Gasteiger partial charge in [0.25, 0.3) is 0 Å². The molecule has 0 spiro atoms. The Morgan fingerprint density at radius 1 is 1.19 bits per heavy atom. The number of hydrogen-bond donors (Lipinski definition) is 1. The lowest BCUT2D eigenvalue weighted by molar-refractivity contribution is 0.267. The lowest BCUT2D eigenvalue weighted by Crippen LogP contribution is -1.95. The van der Waals surface area contributed by atoms with Gasteiger partial charge in [-0.05, 0) is 29.8 Å². The van der Waals surface area contributed by atoms with Crippen LogP contribution in [0, 0.1) is 11.3 Å². The van der Waals surface area contributed by atoms with Crippen molar-refractivity contribution >= 4 is 16.8 Å². The molecule has 3 aromatic rings. The average Bonchev–Trinajstić information content (AvgIpc) is 2.89. The van der Waals surface area contributed by atoms with Crippen molar-refractivity contribution in [3.05, 3.63) is 53.9 Å². The van der Waals surface area contributed by atoms with E-state index >= 15 is 0 Å². The molecule has 0 aliphatic carbocycles. The van der Waals surface area contributed by atoms with Gasteiger partial charge in [-0.25, -0.2) is 4.98 Å². The maximum atomic E-state index is 8.62. The average molecular weight is 279 g/mol. The molecular formula is C16H13N3O2. The van der Waals surface area contributed by atoms with Crippen LogP contribution >= 0.6 is 0 Å². The van der Waals surface area contributed by atoms with Crippen LogP contribution in [-0.4, -0.2) is 4.98 Å². The SMILES string of the molecule is N#CCc1ccc(OCc2nc3ccc(N)cc3o2)cc1. The summed E-state index contributed by atoms with van der Waals surface area (Å²) >= 11 is 0. The highest BCUT2D eigenvalue weighted by molar-refractivity contribution is 5.76. The lowest BCUT2D eigenvalue weighted by atomic mass is 10.2. The Morgan fingerprint density at radius 2 is 2.00 bits per heavy atom. The van der Waals surface area contributed by atoms with Crippen molar-refractivity contribution in [2.24, 2.45) is 0 Å². The molecule has 0 atom stereocenters. The van der Waals surface area contributed by atoms with Crippen molar-refractivity contribution in [3.63, 3.8) is 0 Å². The van der Waals surface area contributed by atoms with E-state index in [2.05, 4.69) is 11.1 Å². The Hall–Kier alpha value is -3.00. The monoisotopic (exact) mass is 279 g/mol. The van der Waals surface area contributed by atoms with Gasteiger partial charge < -0.3 is 14.9 Å². The van der Waals surface area contributed by atoms with E-state index in [9.17, 15) is 0 Å². The zero-order chi connectivity index (χ0) is 14.7. The smallest absolute Gasteiger partial charge is 0.233 e. The Morgan fingerprint density at radius 3 is 2.76 bits per heavy atom. The molecule has 0 saturated heterocycles. The van der Waals surface area contributed by atoms with Crippen molar-refractivity contribution in [1.29, 1.82) is 5.26 Å². The van der Waals surface area contributed by atoms with Crippen LogP contribution in [0.15, 0.2) is 46.9 Å². The van der Waals surface area contributed by atoms with Gasteiger partial charge in [0.15, 0.2) is 12.2 Å². The topological polar surface area (TPSA) is 85.1 Å². The lowest BCUT2D eigenvalue weighted by Gasteiger charge is -2.03. The van der Waals surface area contributed by atoms with Gasteiger partial charge in [0, 0.05) is 11.8 Å². The summed E-state index contributed by atoms with van der Waals surface area (Å²) in [7, 11) is 0. The van der Waals surface area contributed by atoms with Gasteiger partial charge in [-0.3, -0.25) is 0 Å². The number of aromatic nitrogens is 1. The number of hydrogen-bond acceptors (Lipinski definition) is 5. The van der Waals surface area contributed by atoms with Crippen LogP contribution in [0.3, 0.4) is 0 Å². The second-order valence-corrected chi connectivity index (χ2v) is 4.60. The van der Waals surface area contributed by atoms with E-state index in [1.807, 2.05) is 30.3 Å². The van der Waals surface area contributed by atoms with Crippen LogP contribution in [0.25, 0.3) is 11.1 Å². The minimum Gasteiger partial charge on any atom is -0.484 e. The normalized spacial score (nSPS) is 10.4. The summed E-state index contributed by atoms with van der Waals surface area (Å²) in [4.78, 5) is 4.33.